The van der Waals surface area contributed by atoms with Crippen molar-refractivity contribution in [3.8, 4) is 0 Å². The van der Waals surface area contributed by atoms with Crippen LogP contribution >= 0.6 is 0 Å². The molecule has 4 fully saturated rings. The van der Waals surface area contributed by atoms with Crippen LogP contribution < -0.4 is 0 Å². The van der Waals surface area contributed by atoms with E-state index in [1.807, 2.05) is 0 Å². The Labute approximate surface area is 248 Å². The zero-order valence-corrected chi connectivity index (χ0v) is 25.7. The van der Waals surface area contributed by atoms with Crippen molar-refractivity contribution >= 4 is 5.97 Å². The van der Waals surface area contributed by atoms with Crippen molar-refractivity contribution in [1.29, 1.82) is 0 Å². The number of esters is 1. The van der Waals surface area contributed by atoms with Gasteiger partial charge in [-0.2, -0.15) is 0 Å². The average Bonchev–Trinajstić information content (AvgIpc) is 3.26. The molecule has 0 aromatic carbocycles. The van der Waals surface area contributed by atoms with Crippen LogP contribution in [0.25, 0.3) is 0 Å². The standard InChI is InChI=1S/C34H56O7/c1-3-4-20-34(21-13-22-34)30(41-33-17-10-12-24-39-33)19-18-27-26(14-7-5-6-8-15-31(36)37-2)28(35)25-29(27)40-32-16-9-11-23-38-32/h5,7,18-19,26-30,32-33,35H,3-4,6,8-17,20-25H2,1-2H3/t26-,27-,28+,29-,30-,32?,33?/m1/s1. The Morgan fingerprint density at radius 3 is 2.41 bits per heavy atom. The first-order chi connectivity index (χ1) is 20.0. The van der Waals surface area contributed by atoms with Gasteiger partial charge in [0.25, 0.3) is 0 Å². The number of carbonyl (C=O) groups is 1. The highest BCUT2D eigenvalue weighted by Crippen LogP contribution is 2.50. The van der Waals surface area contributed by atoms with Crippen LogP contribution in [0.3, 0.4) is 0 Å². The van der Waals surface area contributed by atoms with Gasteiger partial charge in [0.15, 0.2) is 12.6 Å². The Hall–Kier alpha value is -1.25. The van der Waals surface area contributed by atoms with E-state index in [9.17, 15) is 9.90 Å². The summed E-state index contributed by atoms with van der Waals surface area (Å²) in [6.45, 7) is 3.80. The molecule has 2 aliphatic heterocycles. The quantitative estimate of drug-likeness (QED) is 0.120. The Balaban J connectivity index is 1.48. The van der Waals surface area contributed by atoms with E-state index < -0.39 is 6.10 Å². The minimum atomic E-state index is -0.434. The molecule has 7 atom stereocenters. The second-order valence-electron chi connectivity index (χ2n) is 12.7. The number of rotatable bonds is 16. The van der Waals surface area contributed by atoms with Crippen LogP contribution in [0.15, 0.2) is 24.3 Å². The summed E-state index contributed by atoms with van der Waals surface area (Å²) in [5, 5.41) is 11.2. The van der Waals surface area contributed by atoms with Gasteiger partial charge >= 0.3 is 5.97 Å². The van der Waals surface area contributed by atoms with Gasteiger partial charge in [0.2, 0.25) is 0 Å². The molecule has 1 N–H and O–H groups in total. The molecule has 0 amide bonds. The number of hydrogen-bond acceptors (Lipinski definition) is 7. The maximum absolute atomic E-state index is 11.4. The van der Waals surface area contributed by atoms with Crippen LogP contribution in [0, 0.1) is 17.3 Å². The van der Waals surface area contributed by atoms with Crippen LogP contribution in [-0.4, -0.2) is 62.3 Å². The smallest absolute Gasteiger partial charge is 0.305 e. The molecule has 7 nitrogen and oxygen atoms in total. The maximum Gasteiger partial charge on any atom is 0.305 e. The molecule has 2 saturated carbocycles. The van der Waals surface area contributed by atoms with Crippen molar-refractivity contribution in [2.75, 3.05) is 20.3 Å². The van der Waals surface area contributed by atoms with Crippen LogP contribution in [0.5, 0.6) is 0 Å². The van der Waals surface area contributed by atoms with E-state index in [1.165, 1.54) is 45.6 Å². The Bertz CT molecular complexity index is 810. The highest BCUT2D eigenvalue weighted by atomic mass is 16.7. The number of aliphatic hydroxyl groups excluding tert-OH is 1. The molecule has 0 spiro atoms. The third kappa shape index (κ3) is 9.62. The Kier molecular flexibility index (Phi) is 13.7. The molecule has 0 aromatic heterocycles. The van der Waals surface area contributed by atoms with E-state index in [4.69, 9.17) is 23.7 Å². The summed E-state index contributed by atoms with van der Waals surface area (Å²) >= 11 is 0. The van der Waals surface area contributed by atoms with E-state index in [1.54, 1.807) is 0 Å². The van der Waals surface area contributed by atoms with Gasteiger partial charge in [0.1, 0.15) is 0 Å². The fourth-order valence-corrected chi connectivity index (χ4v) is 7.12. The molecule has 0 bridgehead atoms. The van der Waals surface area contributed by atoms with Gasteiger partial charge in [-0.1, -0.05) is 50.5 Å². The first-order valence-corrected chi connectivity index (χ1v) is 16.7. The van der Waals surface area contributed by atoms with Crippen molar-refractivity contribution in [2.24, 2.45) is 17.3 Å². The van der Waals surface area contributed by atoms with Gasteiger partial charge in [-0.15, -0.1) is 0 Å². The lowest BCUT2D eigenvalue weighted by Gasteiger charge is -2.48. The number of allylic oxidation sites excluding steroid dienone is 2. The molecule has 0 aromatic rings. The van der Waals surface area contributed by atoms with Crippen LogP contribution in [0.2, 0.25) is 0 Å². The molecule has 41 heavy (non-hydrogen) atoms. The van der Waals surface area contributed by atoms with Gasteiger partial charge in [0.05, 0.1) is 25.4 Å². The van der Waals surface area contributed by atoms with E-state index in [0.29, 0.717) is 12.8 Å². The summed E-state index contributed by atoms with van der Waals surface area (Å²) in [5.74, 6) is -0.0218. The monoisotopic (exact) mass is 576 g/mol. The fraction of sp³-hybridized carbons (Fsp3) is 0.853. The highest BCUT2D eigenvalue weighted by molar-refractivity contribution is 5.69. The van der Waals surface area contributed by atoms with Crippen molar-refractivity contribution in [2.45, 2.75) is 147 Å². The van der Waals surface area contributed by atoms with Gasteiger partial charge in [-0.25, -0.2) is 0 Å². The molecule has 0 radical (unpaired) electrons. The van der Waals surface area contributed by atoms with Crippen LogP contribution in [0.4, 0.5) is 0 Å². The highest BCUT2D eigenvalue weighted by Gasteiger charge is 2.46. The predicted octanol–water partition coefficient (Wildman–Crippen LogP) is 7.01. The number of ether oxygens (including phenoxy) is 5. The Morgan fingerprint density at radius 2 is 1.78 bits per heavy atom. The van der Waals surface area contributed by atoms with Crippen molar-refractivity contribution in [3.63, 3.8) is 0 Å². The molecule has 4 aliphatic rings. The van der Waals surface area contributed by atoms with Crippen molar-refractivity contribution in [1.82, 2.24) is 0 Å². The number of carbonyl (C=O) groups excluding carboxylic acids is 1. The normalized spacial score (nSPS) is 32.8. The van der Waals surface area contributed by atoms with Crippen molar-refractivity contribution in [3.05, 3.63) is 24.3 Å². The molecule has 7 heteroatoms. The van der Waals surface area contributed by atoms with Crippen LogP contribution in [0.1, 0.15) is 116 Å². The molecule has 2 unspecified atom stereocenters. The van der Waals surface area contributed by atoms with Gasteiger partial charge in [-0.3, -0.25) is 4.79 Å². The molecule has 2 aliphatic carbocycles. The minimum absolute atomic E-state index is 0.0183. The molecule has 4 rings (SSSR count). The lowest BCUT2D eigenvalue weighted by Crippen LogP contribution is -2.44. The number of unbranched alkanes of at least 4 members (excludes halogenated alkanes) is 2. The van der Waals surface area contributed by atoms with E-state index in [2.05, 4.69) is 31.2 Å². The predicted molar refractivity (Wildman–Crippen MR) is 159 cm³/mol. The minimum Gasteiger partial charge on any atom is -0.469 e. The Morgan fingerprint density at radius 1 is 1.02 bits per heavy atom. The summed E-state index contributed by atoms with van der Waals surface area (Å²) in [5.41, 5.74) is 0.183. The third-order valence-corrected chi connectivity index (χ3v) is 9.84. The SMILES string of the molecule is CCCCC1([C@@H](C=C[C@@H]2[C@@H](CC=CCCCC(=O)OC)[C@@H](O)C[C@H]2OC2CCCCO2)OC2CCCCO2)CCC1. The zero-order chi connectivity index (χ0) is 28.9. The summed E-state index contributed by atoms with van der Waals surface area (Å²) < 4.78 is 30.0. The fourth-order valence-electron chi connectivity index (χ4n) is 7.12. The largest absolute Gasteiger partial charge is 0.469 e. The van der Waals surface area contributed by atoms with E-state index in [-0.39, 0.29) is 48.0 Å². The number of methoxy groups -OCH3 is 1. The molecular weight excluding hydrogens is 520 g/mol. The summed E-state index contributed by atoms with van der Waals surface area (Å²) in [6, 6.07) is 0. The van der Waals surface area contributed by atoms with E-state index >= 15 is 0 Å². The lowest BCUT2D eigenvalue weighted by atomic mass is 9.62. The second-order valence-corrected chi connectivity index (χ2v) is 12.7. The van der Waals surface area contributed by atoms with Gasteiger partial charge in [0, 0.05) is 37.4 Å². The average molecular weight is 577 g/mol. The number of hydrogen-bond donors (Lipinski definition) is 1. The summed E-state index contributed by atoms with van der Waals surface area (Å²) in [4.78, 5) is 11.4. The summed E-state index contributed by atoms with van der Waals surface area (Å²) in [6.07, 6.45) is 25.2. The van der Waals surface area contributed by atoms with Gasteiger partial charge in [-0.05, 0) is 83.0 Å². The maximum atomic E-state index is 11.4. The van der Waals surface area contributed by atoms with Crippen LogP contribution in [-0.2, 0) is 28.5 Å². The molecule has 2 heterocycles. The molecule has 2 saturated heterocycles. The zero-order valence-electron chi connectivity index (χ0n) is 25.7. The van der Waals surface area contributed by atoms with Crippen molar-refractivity contribution < 1.29 is 33.6 Å². The van der Waals surface area contributed by atoms with E-state index in [0.717, 1.165) is 71.0 Å². The summed E-state index contributed by atoms with van der Waals surface area (Å²) in [7, 11) is 1.43. The topological polar surface area (TPSA) is 83.5 Å². The lowest BCUT2D eigenvalue weighted by molar-refractivity contribution is -0.211. The molecular formula is C34H56O7. The third-order valence-electron chi connectivity index (χ3n) is 9.84. The van der Waals surface area contributed by atoms with Gasteiger partial charge < -0.3 is 28.8 Å². The number of aliphatic hydroxyl groups is 1. The first-order valence-electron chi connectivity index (χ1n) is 16.7. The first kappa shape index (κ1) is 32.7. The second kappa shape index (κ2) is 17.1. The molecule has 234 valence electrons.